The summed E-state index contributed by atoms with van der Waals surface area (Å²) in [5.74, 6) is 0.204. The Balaban J connectivity index is 2.49. The molecule has 0 bridgehead atoms. The van der Waals surface area contributed by atoms with Crippen molar-refractivity contribution in [2.45, 2.75) is 19.8 Å². The van der Waals surface area contributed by atoms with Gasteiger partial charge in [0, 0.05) is 17.9 Å². The van der Waals surface area contributed by atoms with Crippen molar-refractivity contribution in [2.24, 2.45) is 5.92 Å². The summed E-state index contributed by atoms with van der Waals surface area (Å²) in [5.41, 5.74) is -0.0782. The summed E-state index contributed by atoms with van der Waals surface area (Å²) in [6.45, 7) is 2.72. The van der Waals surface area contributed by atoms with Crippen LogP contribution < -0.4 is 10.9 Å². The standard InChI is InChI=1S/C11H16BrN3O2/c1-2-8(5-6-12)7-13-11(17)9-3-4-10(16)15-14-9/h3-4,8H,2,5-7H2,1H3,(H,13,17)(H,15,16). The fourth-order valence-corrected chi connectivity index (χ4v) is 2.05. The smallest absolute Gasteiger partial charge is 0.271 e. The van der Waals surface area contributed by atoms with Crippen molar-refractivity contribution in [2.75, 3.05) is 11.9 Å². The molecule has 0 aromatic carbocycles. The van der Waals surface area contributed by atoms with Gasteiger partial charge in [0.25, 0.3) is 11.5 Å². The Kier molecular flexibility index (Phi) is 5.90. The fourth-order valence-electron chi connectivity index (χ4n) is 1.40. The number of hydrogen-bond acceptors (Lipinski definition) is 3. The van der Waals surface area contributed by atoms with Gasteiger partial charge in [-0.05, 0) is 18.4 Å². The molecule has 0 aliphatic rings. The normalized spacial score (nSPS) is 12.1. The molecule has 0 radical (unpaired) electrons. The predicted octanol–water partition coefficient (Wildman–Crippen LogP) is 1.31. The van der Waals surface area contributed by atoms with Gasteiger partial charge in [-0.15, -0.1) is 0 Å². The van der Waals surface area contributed by atoms with Gasteiger partial charge in [0.2, 0.25) is 0 Å². The van der Waals surface area contributed by atoms with Crippen LogP contribution in [0.3, 0.4) is 0 Å². The molecular weight excluding hydrogens is 286 g/mol. The molecule has 2 N–H and O–H groups in total. The number of carbonyl (C=O) groups excluding carboxylic acids is 1. The monoisotopic (exact) mass is 301 g/mol. The molecule has 1 amide bonds. The Morgan fingerprint density at radius 2 is 2.35 bits per heavy atom. The molecule has 1 aromatic rings. The van der Waals surface area contributed by atoms with Crippen LogP contribution in [0.4, 0.5) is 0 Å². The van der Waals surface area contributed by atoms with E-state index in [1.165, 1.54) is 12.1 Å². The van der Waals surface area contributed by atoms with Gasteiger partial charge < -0.3 is 5.32 Å². The van der Waals surface area contributed by atoms with Crippen molar-refractivity contribution < 1.29 is 4.79 Å². The highest BCUT2D eigenvalue weighted by molar-refractivity contribution is 9.09. The number of amides is 1. The van der Waals surface area contributed by atoms with Crippen LogP contribution in [0.1, 0.15) is 30.3 Å². The van der Waals surface area contributed by atoms with Crippen LogP contribution in [0.15, 0.2) is 16.9 Å². The van der Waals surface area contributed by atoms with E-state index in [0.29, 0.717) is 12.5 Å². The zero-order valence-corrected chi connectivity index (χ0v) is 11.3. The first-order chi connectivity index (χ1) is 8.17. The summed E-state index contributed by atoms with van der Waals surface area (Å²) in [6.07, 6.45) is 2.04. The maximum Gasteiger partial charge on any atom is 0.271 e. The summed E-state index contributed by atoms with van der Waals surface area (Å²) in [6, 6.07) is 2.71. The maximum atomic E-state index is 11.7. The van der Waals surface area contributed by atoms with Gasteiger partial charge in [-0.1, -0.05) is 29.3 Å². The molecule has 0 aliphatic carbocycles. The van der Waals surface area contributed by atoms with E-state index in [2.05, 4.69) is 38.4 Å². The number of hydrogen-bond donors (Lipinski definition) is 2. The van der Waals surface area contributed by atoms with E-state index in [9.17, 15) is 9.59 Å². The Hall–Kier alpha value is -1.17. The molecule has 0 saturated carbocycles. The minimum absolute atomic E-state index is 0.235. The summed E-state index contributed by atoms with van der Waals surface area (Å²) in [7, 11) is 0. The minimum atomic E-state index is -0.313. The number of alkyl halides is 1. The van der Waals surface area contributed by atoms with Gasteiger partial charge in [0.05, 0.1) is 0 Å². The Morgan fingerprint density at radius 1 is 1.59 bits per heavy atom. The van der Waals surface area contributed by atoms with Crippen molar-refractivity contribution in [3.63, 3.8) is 0 Å². The molecule has 0 saturated heterocycles. The van der Waals surface area contributed by atoms with Gasteiger partial charge in [0.1, 0.15) is 5.69 Å². The van der Waals surface area contributed by atoms with E-state index in [-0.39, 0.29) is 17.2 Å². The largest absolute Gasteiger partial charge is 0.350 e. The van der Waals surface area contributed by atoms with E-state index in [1.807, 2.05) is 0 Å². The van der Waals surface area contributed by atoms with E-state index in [4.69, 9.17) is 0 Å². The van der Waals surface area contributed by atoms with Crippen LogP contribution in [0.25, 0.3) is 0 Å². The Morgan fingerprint density at radius 3 is 2.88 bits per heavy atom. The van der Waals surface area contributed by atoms with Crippen LogP contribution >= 0.6 is 15.9 Å². The SMILES string of the molecule is CCC(CCBr)CNC(=O)c1ccc(=O)[nH]n1. The third-order valence-electron chi connectivity index (χ3n) is 2.56. The number of nitrogens with zero attached hydrogens (tertiary/aromatic N) is 1. The maximum absolute atomic E-state index is 11.7. The lowest BCUT2D eigenvalue weighted by Crippen LogP contribution is -2.30. The van der Waals surface area contributed by atoms with Crippen molar-refractivity contribution in [3.8, 4) is 0 Å². The quantitative estimate of drug-likeness (QED) is 0.778. The highest BCUT2D eigenvalue weighted by Gasteiger charge is 2.10. The summed E-state index contributed by atoms with van der Waals surface area (Å²) in [4.78, 5) is 22.5. The molecule has 6 heteroatoms. The molecule has 0 spiro atoms. The third kappa shape index (κ3) is 4.68. The summed E-state index contributed by atoms with van der Waals surface area (Å²) < 4.78 is 0. The molecule has 1 rings (SSSR count). The first-order valence-electron chi connectivity index (χ1n) is 5.57. The lowest BCUT2D eigenvalue weighted by molar-refractivity contribution is 0.0940. The van der Waals surface area contributed by atoms with Gasteiger partial charge in [-0.25, -0.2) is 5.10 Å². The lowest BCUT2D eigenvalue weighted by atomic mass is 10.0. The summed E-state index contributed by atoms with van der Waals surface area (Å²) >= 11 is 3.39. The molecule has 94 valence electrons. The number of halogens is 1. The third-order valence-corrected chi connectivity index (χ3v) is 3.02. The summed E-state index contributed by atoms with van der Waals surface area (Å²) in [5, 5.41) is 9.64. The second-order valence-corrected chi connectivity index (χ2v) is 4.56. The van der Waals surface area contributed by atoms with Crippen LogP contribution in [-0.4, -0.2) is 28.0 Å². The van der Waals surface area contributed by atoms with Crippen LogP contribution in [0.5, 0.6) is 0 Å². The average molecular weight is 302 g/mol. The molecule has 1 heterocycles. The molecular formula is C11H16BrN3O2. The van der Waals surface area contributed by atoms with E-state index >= 15 is 0 Å². The van der Waals surface area contributed by atoms with Gasteiger partial charge in [0.15, 0.2) is 0 Å². The van der Waals surface area contributed by atoms with Crippen molar-refractivity contribution >= 4 is 21.8 Å². The number of carbonyl (C=O) groups is 1. The van der Waals surface area contributed by atoms with Crippen molar-refractivity contribution in [3.05, 3.63) is 28.2 Å². The Labute approximate surface area is 108 Å². The van der Waals surface area contributed by atoms with Crippen LogP contribution in [-0.2, 0) is 0 Å². The van der Waals surface area contributed by atoms with Gasteiger partial charge >= 0.3 is 0 Å². The van der Waals surface area contributed by atoms with Crippen molar-refractivity contribution in [1.82, 2.24) is 15.5 Å². The molecule has 1 aromatic heterocycles. The molecule has 5 nitrogen and oxygen atoms in total. The zero-order chi connectivity index (χ0) is 12.7. The van der Waals surface area contributed by atoms with Crippen LogP contribution in [0, 0.1) is 5.92 Å². The van der Waals surface area contributed by atoms with Gasteiger partial charge in [-0.2, -0.15) is 5.10 Å². The minimum Gasteiger partial charge on any atom is -0.350 e. The molecule has 1 atom stereocenters. The lowest BCUT2D eigenvalue weighted by Gasteiger charge is -2.13. The first-order valence-corrected chi connectivity index (χ1v) is 6.69. The first kappa shape index (κ1) is 13.9. The highest BCUT2D eigenvalue weighted by Crippen LogP contribution is 2.08. The highest BCUT2D eigenvalue weighted by atomic mass is 79.9. The Bertz CT molecular complexity index is 399. The number of aromatic nitrogens is 2. The van der Waals surface area contributed by atoms with E-state index in [0.717, 1.165) is 18.2 Å². The second-order valence-electron chi connectivity index (χ2n) is 3.77. The second kappa shape index (κ2) is 7.21. The number of rotatable bonds is 6. The van der Waals surface area contributed by atoms with E-state index < -0.39 is 0 Å². The average Bonchev–Trinajstić information content (AvgIpc) is 2.35. The molecule has 0 fully saturated rings. The fraction of sp³-hybridized carbons (Fsp3) is 0.545. The zero-order valence-electron chi connectivity index (χ0n) is 9.70. The topological polar surface area (TPSA) is 74.8 Å². The predicted molar refractivity (Wildman–Crippen MR) is 69.4 cm³/mol. The molecule has 17 heavy (non-hydrogen) atoms. The van der Waals surface area contributed by atoms with Gasteiger partial charge in [-0.3, -0.25) is 9.59 Å². The number of nitrogens with one attached hydrogen (secondary N) is 2. The van der Waals surface area contributed by atoms with Crippen molar-refractivity contribution in [1.29, 1.82) is 0 Å². The van der Waals surface area contributed by atoms with Crippen LogP contribution in [0.2, 0.25) is 0 Å². The number of H-pyrrole nitrogens is 1. The molecule has 1 unspecified atom stereocenters. The molecule has 0 aliphatic heterocycles. The number of aromatic amines is 1. The van der Waals surface area contributed by atoms with E-state index in [1.54, 1.807) is 0 Å².